The first-order chi connectivity index (χ1) is 7.05. The summed E-state index contributed by atoms with van der Waals surface area (Å²) in [7, 11) is 0. The van der Waals surface area contributed by atoms with E-state index in [2.05, 4.69) is 6.92 Å². The molecule has 1 aliphatic heterocycles. The number of carbonyl (C=O) groups is 1. The summed E-state index contributed by atoms with van der Waals surface area (Å²) in [6.07, 6.45) is 4.04. The molecule has 1 amide bonds. The van der Waals surface area contributed by atoms with Gasteiger partial charge in [0.1, 0.15) is 0 Å². The largest absolute Gasteiger partial charge is 0.372 e. The molecule has 0 N–H and O–H groups in total. The normalized spacial score (nSPS) is 20.3. The van der Waals surface area contributed by atoms with E-state index < -0.39 is 0 Å². The van der Waals surface area contributed by atoms with Gasteiger partial charge in [-0.3, -0.25) is 4.79 Å². The molecule has 1 aliphatic rings. The van der Waals surface area contributed by atoms with Crippen molar-refractivity contribution >= 4 is 5.91 Å². The molecule has 0 unspecified atom stereocenters. The van der Waals surface area contributed by atoms with Crippen LogP contribution in [0.5, 0.6) is 0 Å². The van der Waals surface area contributed by atoms with E-state index >= 15 is 0 Å². The summed E-state index contributed by atoms with van der Waals surface area (Å²) < 4.78 is 5.58. The summed E-state index contributed by atoms with van der Waals surface area (Å²) >= 11 is 0. The van der Waals surface area contributed by atoms with Gasteiger partial charge in [0.15, 0.2) is 0 Å². The second-order valence-corrected chi connectivity index (χ2v) is 4.88. The maximum Gasteiger partial charge on any atom is 0.222 e. The van der Waals surface area contributed by atoms with Gasteiger partial charge in [-0.1, -0.05) is 19.8 Å². The Labute approximate surface area is 92.8 Å². The van der Waals surface area contributed by atoms with Crippen molar-refractivity contribution in [3.05, 3.63) is 0 Å². The predicted octanol–water partition coefficient (Wildman–Crippen LogP) is 2.20. The van der Waals surface area contributed by atoms with Crippen molar-refractivity contribution in [2.45, 2.75) is 52.1 Å². The van der Waals surface area contributed by atoms with Crippen LogP contribution in [0.1, 0.15) is 46.5 Å². The van der Waals surface area contributed by atoms with Crippen LogP contribution in [0.25, 0.3) is 0 Å². The van der Waals surface area contributed by atoms with Gasteiger partial charge in [0.05, 0.1) is 12.2 Å². The topological polar surface area (TPSA) is 29.5 Å². The molecule has 0 aromatic rings. The Morgan fingerprint density at radius 2 is 2.13 bits per heavy atom. The zero-order valence-corrected chi connectivity index (χ0v) is 10.2. The third-order valence-corrected chi connectivity index (χ3v) is 2.77. The molecule has 88 valence electrons. The second kappa shape index (κ2) is 5.50. The third kappa shape index (κ3) is 4.20. The lowest BCUT2D eigenvalue weighted by Crippen LogP contribution is -2.50. The maximum atomic E-state index is 11.8. The molecule has 0 bridgehead atoms. The molecular weight excluding hydrogens is 190 g/mol. The number of hydrogen-bond acceptors (Lipinski definition) is 2. The molecule has 0 aromatic heterocycles. The van der Waals surface area contributed by atoms with Crippen molar-refractivity contribution in [2.75, 3.05) is 19.7 Å². The Morgan fingerprint density at radius 1 is 1.40 bits per heavy atom. The monoisotopic (exact) mass is 213 g/mol. The molecule has 1 saturated heterocycles. The van der Waals surface area contributed by atoms with Crippen molar-refractivity contribution in [1.29, 1.82) is 0 Å². The van der Waals surface area contributed by atoms with Crippen molar-refractivity contribution in [1.82, 2.24) is 4.90 Å². The first-order valence-corrected chi connectivity index (χ1v) is 5.97. The van der Waals surface area contributed by atoms with Crippen molar-refractivity contribution in [3.63, 3.8) is 0 Å². The minimum absolute atomic E-state index is 0.168. The van der Waals surface area contributed by atoms with E-state index in [1.807, 2.05) is 18.7 Å². The van der Waals surface area contributed by atoms with Gasteiger partial charge < -0.3 is 9.64 Å². The van der Waals surface area contributed by atoms with E-state index in [0.29, 0.717) is 18.9 Å². The predicted molar refractivity (Wildman–Crippen MR) is 60.8 cm³/mol. The highest BCUT2D eigenvalue weighted by atomic mass is 16.5. The minimum Gasteiger partial charge on any atom is -0.372 e. The van der Waals surface area contributed by atoms with Crippen LogP contribution in [0.4, 0.5) is 0 Å². The molecule has 1 heterocycles. The molecule has 0 atom stereocenters. The SMILES string of the molecule is CCCCCC(=O)N1CCOC(C)(C)C1. The molecule has 0 aliphatic carbocycles. The summed E-state index contributed by atoms with van der Waals surface area (Å²) in [5.74, 6) is 0.292. The van der Waals surface area contributed by atoms with Crippen molar-refractivity contribution in [2.24, 2.45) is 0 Å². The zero-order chi connectivity index (χ0) is 11.3. The fourth-order valence-electron chi connectivity index (χ4n) is 1.91. The summed E-state index contributed by atoms with van der Waals surface area (Å²) in [6, 6.07) is 0. The molecule has 3 heteroatoms. The number of carbonyl (C=O) groups excluding carboxylic acids is 1. The van der Waals surface area contributed by atoms with Gasteiger partial charge in [0, 0.05) is 19.5 Å². The first kappa shape index (κ1) is 12.5. The van der Waals surface area contributed by atoms with Crippen LogP contribution in [0.3, 0.4) is 0 Å². The molecule has 0 aromatic carbocycles. The van der Waals surface area contributed by atoms with Crippen LogP contribution in [0, 0.1) is 0 Å². The van der Waals surface area contributed by atoms with Crippen LogP contribution in [0.15, 0.2) is 0 Å². The number of morpholine rings is 1. The van der Waals surface area contributed by atoms with E-state index in [4.69, 9.17) is 4.74 Å². The Kier molecular flexibility index (Phi) is 4.58. The molecule has 3 nitrogen and oxygen atoms in total. The average molecular weight is 213 g/mol. The van der Waals surface area contributed by atoms with Gasteiger partial charge in [-0.15, -0.1) is 0 Å². The number of amides is 1. The molecule has 0 saturated carbocycles. The van der Waals surface area contributed by atoms with Gasteiger partial charge in [-0.2, -0.15) is 0 Å². The Hall–Kier alpha value is -0.570. The Balaban J connectivity index is 2.32. The van der Waals surface area contributed by atoms with E-state index in [1.165, 1.54) is 6.42 Å². The van der Waals surface area contributed by atoms with Crippen LogP contribution in [-0.4, -0.2) is 36.1 Å². The zero-order valence-electron chi connectivity index (χ0n) is 10.2. The number of nitrogens with zero attached hydrogens (tertiary/aromatic N) is 1. The Morgan fingerprint density at radius 3 is 2.73 bits per heavy atom. The van der Waals surface area contributed by atoms with Gasteiger partial charge >= 0.3 is 0 Å². The smallest absolute Gasteiger partial charge is 0.222 e. The van der Waals surface area contributed by atoms with Gasteiger partial charge in [-0.25, -0.2) is 0 Å². The van der Waals surface area contributed by atoms with Gasteiger partial charge in [0.25, 0.3) is 0 Å². The lowest BCUT2D eigenvalue weighted by Gasteiger charge is -2.38. The molecular formula is C12H23NO2. The molecule has 0 spiro atoms. The summed E-state index contributed by atoms with van der Waals surface area (Å²) in [5.41, 5.74) is -0.168. The quantitative estimate of drug-likeness (QED) is 0.670. The fourth-order valence-corrected chi connectivity index (χ4v) is 1.91. The fraction of sp³-hybridized carbons (Fsp3) is 0.917. The molecule has 1 fully saturated rings. The van der Waals surface area contributed by atoms with E-state index in [-0.39, 0.29) is 5.60 Å². The lowest BCUT2D eigenvalue weighted by atomic mass is 10.1. The van der Waals surface area contributed by atoms with Crippen molar-refractivity contribution < 1.29 is 9.53 Å². The minimum atomic E-state index is -0.168. The number of ether oxygens (including phenoxy) is 1. The summed E-state index contributed by atoms with van der Waals surface area (Å²) in [6.45, 7) is 8.40. The molecule has 1 rings (SSSR count). The van der Waals surface area contributed by atoms with Crippen LogP contribution in [-0.2, 0) is 9.53 Å². The van der Waals surface area contributed by atoms with Crippen LogP contribution < -0.4 is 0 Å². The lowest BCUT2D eigenvalue weighted by molar-refractivity contribution is -0.146. The third-order valence-electron chi connectivity index (χ3n) is 2.77. The number of hydrogen-bond donors (Lipinski definition) is 0. The van der Waals surface area contributed by atoms with Crippen LogP contribution >= 0.6 is 0 Å². The second-order valence-electron chi connectivity index (χ2n) is 4.88. The van der Waals surface area contributed by atoms with Crippen LogP contribution in [0.2, 0.25) is 0 Å². The maximum absolute atomic E-state index is 11.8. The molecule has 0 radical (unpaired) electrons. The van der Waals surface area contributed by atoms with Gasteiger partial charge in [-0.05, 0) is 20.3 Å². The standard InChI is InChI=1S/C12H23NO2/c1-4-5-6-7-11(14)13-8-9-15-12(2,3)10-13/h4-10H2,1-3H3. The van der Waals surface area contributed by atoms with Gasteiger partial charge in [0.2, 0.25) is 5.91 Å². The highest BCUT2D eigenvalue weighted by Gasteiger charge is 2.29. The highest BCUT2D eigenvalue weighted by molar-refractivity contribution is 5.76. The molecule has 15 heavy (non-hydrogen) atoms. The Bertz CT molecular complexity index is 214. The summed E-state index contributed by atoms with van der Waals surface area (Å²) in [5, 5.41) is 0. The van der Waals surface area contributed by atoms with E-state index in [0.717, 1.165) is 25.9 Å². The number of rotatable bonds is 4. The average Bonchev–Trinajstić information content (AvgIpc) is 2.16. The number of unbranched alkanes of at least 4 members (excludes halogenated alkanes) is 2. The van der Waals surface area contributed by atoms with E-state index in [9.17, 15) is 4.79 Å². The van der Waals surface area contributed by atoms with E-state index in [1.54, 1.807) is 0 Å². The highest BCUT2D eigenvalue weighted by Crippen LogP contribution is 2.17. The first-order valence-electron chi connectivity index (χ1n) is 5.97. The van der Waals surface area contributed by atoms with Crippen molar-refractivity contribution in [3.8, 4) is 0 Å². The summed E-state index contributed by atoms with van der Waals surface area (Å²) in [4.78, 5) is 13.8.